The topological polar surface area (TPSA) is 80.0 Å². The monoisotopic (exact) mass is 322 g/mol. The summed E-state index contributed by atoms with van der Waals surface area (Å²) in [5.74, 6) is 0.900. The van der Waals surface area contributed by atoms with Crippen LogP contribution in [0.15, 0.2) is 59.1 Å². The van der Waals surface area contributed by atoms with Crippen molar-refractivity contribution < 1.29 is 9.32 Å². The Hall–Kier alpha value is -3.15. The first-order chi connectivity index (χ1) is 11.7. The van der Waals surface area contributed by atoms with E-state index in [1.165, 1.54) is 6.92 Å². The molecular formula is C18H18N4O2. The summed E-state index contributed by atoms with van der Waals surface area (Å²) in [7, 11) is 0. The Kier molecular flexibility index (Phi) is 4.86. The van der Waals surface area contributed by atoms with E-state index >= 15 is 0 Å². The molecule has 0 spiro atoms. The van der Waals surface area contributed by atoms with Crippen LogP contribution in [0.25, 0.3) is 11.5 Å². The van der Waals surface area contributed by atoms with Gasteiger partial charge in [-0.3, -0.25) is 4.79 Å². The maximum absolute atomic E-state index is 11.0. The molecule has 2 N–H and O–H groups in total. The van der Waals surface area contributed by atoms with Gasteiger partial charge in [0.2, 0.25) is 5.91 Å². The SMILES string of the molecule is CC(=O)Nc1ccc(CCNc2noc(-c3ccccc3)n2)cc1. The van der Waals surface area contributed by atoms with Crippen molar-refractivity contribution in [1.82, 2.24) is 10.1 Å². The number of carbonyl (C=O) groups is 1. The van der Waals surface area contributed by atoms with Crippen molar-refractivity contribution in [1.29, 1.82) is 0 Å². The van der Waals surface area contributed by atoms with E-state index < -0.39 is 0 Å². The molecule has 0 atom stereocenters. The third-order valence-corrected chi connectivity index (χ3v) is 3.42. The maximum Gasteiger partial charge on any atom is 0.263 e. The van der Waals surface area contributed by atoms with Gasteiger partial charge in [-0.2, -0.15) is 4.98 Å². The minimum Gasteiger partial charge on any atom is -0.351 e. The summed E-state index contributed by atoms with van der Waals surface area (Å²) in [5, 5.41) is 9.82. The van der Waals surface area contributed by atoms with Gasteiger partial charge < -0.3 is 15.2 Å². The normalized spacial score (nSPS) is 10.4. The van der Waals surface area contributed by atoms with E-state index in [1.54, 1.807) is 0 Å². The van der Waals surface area contributed by atoms with Crippen LogP contribution in [-0.4, -0.2) is 22.6 Å². The highest BCUT2D eigenvalue weighted by Crippen LogP contribution is 2.17. The fourth-order valence-corrected chi connectivity index (χ4v) is 2.27. The van der Waals surface area contributed by atoms with Gasteiger partial charge in [0.25, 0.3) is 11.8 Å². The van der Waals surface area contributed by atoms with E-state index in [9.17, 15) is 4.79 Å². The predicted octanol–water partition coefficient (Wildman–Crippen LogP) is 3.35. The Morgan fingerprint density at radius 3 is 2.54 bits per heavy atom. The van der Waals surface area contributed by atoms with Gasteiger partial charge in [0.15, 0.2) is 0 Å². The molecule has 6 heteroatoms. The van der Waals surface area contributed by atoms with Crippen LogP contribution >= 0.6 is 0 Å². The minimum atomic E-state index is -0.0734. The minimum absolute atomic E-state index is 0.0734. The number of carbonyl (C=O) groups excluding carboxylic acids is 1. The number of anilines is 2. The molecule has 24 heavy (non-hydrogen) atoms. The van der Waals surface area contributed by atoms with Gasteiger partial charge in [0, 0.05) is 24.7 Å². The molecular weight excluding hydrogens is 304 g/mol. The van der Waals surface area contributed by atoms with Crippen LogP contribution in [0, 0.1) is 0 Å². The van der Waals surface area contributed by atoms with E-state index in [0.717, 1.165) is 23.2 Å². The van der Waals surface area contributed by atoms with Crippen molar-refractivity contribution in [3.63, 3.8) is 0 Å². The van der Waals surface area contributed by atoms with Crippen molar-refractivity contribution >= 4 is 17.5 Å². The first kappa shape index (κ1) is 15.7. The maximum atomic E-state index is 11.0. The summed E-state index contributed by atoms with van der Waals surface area (Å²) in [6.07, 6.45) is 0.815. The van der Waals surface area contributed by atoms with Crippen LogP contribution < -0.4 is 10.6 Å². The third kappa shape index (κ3) is 4.19. The van der Waals surface area contributed by atoms with E-state index in [1.807, 2.05) is 54.6 Å². The second-order valence-electron chi connectivity index (χ2n) is 5.34. The summed E-state index contributed by atoms with van der Waals surface area (Å²) in [6.45, 7) is 2.18. The molecule has 1 heterocycles. The lowest BCUT2D eigenvalue weighted by atomic mass is 10.1. The van der Waals surface area contributed by atoms with Crippen LogP contribution in [-0.2, 0) is 11.2 Å². The lowest BCUT2D eigenvalue weighted by Crippen LogP contribution is -2.07. The van der Waals surface area contributed by atoms with Gasteiger partial charge in [-0.1, -0.05) is 30.3 Å². The fraction of sp³-hybridized carbons (Fsp3) is 0.167. The van der Waals surface area contributed by atoms with Crippen molar-refractivity contribution in [3.05, 3.63) is 60.2 Å². The standard InChI is InChI=1S/C18H18N4O2/c1-13(23)20-16-9-7-14(8-10-16)11-12-19-18-21-17(24-22-18)15-5-3-2-4-6-15/h2-10H,11-12H2,1H3,(H,19,22)(H,20,23). The molecule has 2 aromatic carbocycles. The number of hydrogen-bond acceptors (Lipinski definition) is 5. The van der Waals surface area contributed by atoms with E-state index in [2.05, 4.69) is 20.8 Å². The molecule has 0 unspecified atom stereocenters. The molecule has 0 fully saturated rings. The van der Waals surface area contributed by atoms with E-state index in [0.29, 0.717) is 18.4 Å². The summed E-state index contributed by atoms with van der Waals surface area (Å²) < 4.78 is 5.24. The van der Waals surface area contributed by atoms with Gasteiger partial charge in [0.1, 0.15) is 0 Å². The van der Waals surface area contributed by atoms with Crippen molar-refractivity contribution in [2.24, 2.45) is 0 Å². The second-order valence-corrected chi connectivity index (χ2v) is 5.34. The molecule has 1 aromatic heterocycles. The number of hydrogen-bond donors (Lipinski definition) is 2. The highest BCUT2D eigenvalue weighted by Gasteiger charge is 2.07. The molecule has 0 aliphatic heterocycles. The van der Waals surface area contributed by atoms with Crippen molar-refractivity contribution in [2.75, 3.05) is 17.2 Å². The van der Waals surface area contributed by atoms with Crippen LogP contribution in [0.1, 0.15) is 12.5 Å². The fourth-order valence-electron chi connectivity index (χ4n) is 2.27. The number of aromatic nitrogens is 2. The summed E-state index contributed by atoms with van der Waals surface area (Å²) in [6, 6.07) is 17.4. The van der Waals surface area contributed by atoms with Gasteiger partial charge in [-0.25, -0.2) is 0 Å². The Bertz CT molecular complexity index is 797. The smallest absolute Gasteiger partial charge is 0.263 e. The second kappa shape index (κ2) is 7.41. The average molecular weight is 322 g/mol. The van der Waals surface area contributed by atoms with Crippen LogP contribution in [0.2, 0.25) is 0 Å². The van der Waals surface area contributed by atoms with E-state index in [-0.39, 0.29) is 5.91 Å². The van der Waals surface area contributed by atoms with Crippen LogP contribution in [0.5, 0.6) is 0 Å². The number of benzene rings is 2. The van der Waals surface area contributed by atoms with Gasteiger partial charge in [-0.05, 0) is 41.4 Å². The van der Waals surface area contributed by atoms with Gasteiger partial charge in [-0.15, -0.1) is 0 Å². The molecule has 0 bridgehead atoms. The molecule has 0 saturated heterocycles. The summed E-state index contributed by atoms with van der Waals surface area (Å²) in [5.41, 5.74) is 2.85. The quantitative estimate of drug-likeness (QED) is 0.727. The molecule has 6 nitrogen and oxygen atoms in total. The zero-order valence-electron chi connectivity index (χ0n) is 13.3. The summed E-state index contributed by atoms with van der Waals surface area (Å²) in [4.78, 5) is 15.3. The number of rotatable bonds is 6. The third-order valence-electron chi connectivity index (χ3n) is 3.42. The Labute approximate surface area is 139 Å². The molecule has 1 amide bonds. The number of nitrogens with zero attached hydrogens (tertiary/aromatic N) is 2. The Morgan fingerprint density at radius 2 is 1.83 bits per heavy atom. The highest BCUT2D eigenvalue weighted by atomic mass is 16.5. The van der Waals surface area contributed by atoms with Gasteiger partial charge in [0.05, 0.1) is 0 Å². The largest absolute Gasteiger partial charge is 0.351 e. The molecule has 3 rings (SSSR count). The molecule has 0 aliphatic rings. The Morgan fingerprint density at radius 1 is 1.08 bits per heavy atom. The zero-order chi connectivity index (χ0) is 16.8. The van der Waals surface area contributed by atoms with Crippen molar-refractivity contribution in [3.8, 4) is 11.5 Å². The first-order valence-electron chi connectivity index (χ1n) is 7.70. The van der Waals surface area contributed by atoms with Crippen LogP contribution in [0.4, 0.5) is 11.6 Å². The highest BCUT2D eigenvalue weighted by molar-refractivity contribution is 5.88. The molecule has 0 radical (unpaired) electrons. The number of nitrogens with one attached hydrogen (secondary N) is 2. The molecule has 0 aliphatic carbocycles. The predicted molar refractivity (Wildman–Crippen MR) is 92.7 cm³/mol. The lowest BCUT2D eigenvalue weighted by Gasteiger charge is -2.05. The van der Waals surface area contributed by atoms with Gasteiger partial charge >= 0.3 is 0 Å². The molecule has 0 saturated carbocycles. The molecule has 3 aromatic rings. The van der Waals surface area contributed by atoms with Crippen molar-refractivity contribution in [2.45, 2.75) is 13.3 Å². The Balaban J connectivity index is 1.52. The lowest BCUT2D eigenvalue weighted by molar-refractivity contribution is -0.114. The first-order valence-corrected chi connectivity index (χ1v) is 7.70. The van der Waals surface area contributed by atoms with Crippen LogP contribution in [0.3, 0.4) is 0 Å². The molecule has 122 valence electrons. The average Bonchev–Trinajstić information content (AvgIpc) is 3.06. The summed E-state index contributed by atoms with van der Waals surface area (Å²) >= 11 is 0. The zero-order valence-corrected chi connectivity index (χ0v) is 13.3. The van der Waals surface area contributed by atoms with E-state index in [4.69, 9.17) is 4.52 Å². The number of amides is 1.